The molecule has 2 aromatic heterocycles. The number of hydrogen-bond donors (Lipinski definition) is 1. The van der Waals surface area contributed by atoms with Gasteiger partial charge in [-0.05, 0) is 24.5 Å². The normalized spacial score (nSPS) is 18.1. The third-order valence-electron chi connectivity index (χ3n) is 5.00. The van der Waals surface area contributed by atoms with Crippen molar-refractivity contribution in [1.82, 2.24) is 20.0 Å². The van der Waals surface area contributed by atoms with Crippen LogP contribution in [-0.4, -0.2) is 39.0 Å². The van der Waals surface area contributed by atoms with Crippen LogP contribution in [0.25, 0.3) is 10.9 Å². The lowest BCUT2D eigenvalue weighted by Gasteiger charge is -2.37. The monoisotopic (exact) mass is 322 g/mol. The van der Waals surface area contributed by atoms with Gasteiger partial charge in [0.05, 0.1) is 12.3 Å². The summed E-state index contributed by atoms with van der Waals surface area (Å²) in [6.07, 6.45) is 4.69. The second-order valence-corrected chi connectivity index (χ2v) is 6.80. The summed E-state index contributed by atoms with van der Waals surface area (Å²) in [4.78, 5) is 22.1. The van der Waals surface area contributed by atoms with E-state index in [1.807, 2.05) is 35.4 Å². The maximum atomic E-state index is 12.5. The first kappa shape index (κ1) is 13.8. The number of likely N-dealkylation sites (tertiary alicyclic amines) is 1. The summed E-state index contributed by atoms with van der Waals surface area (Å²) in [5.41, 5.74) is 2.12. The maximum Gasteiger partial charge on any atom is 0.233 e. The summed E-state index contributed by atoms with van der Waals surface area (Å²) in [5, 5.41) is 5.17. The van der Waals surface area contributed by atoms with E-state index in [2.05, 4.69) is 15.1 Å². The molecule has 6 heteroatoms. The van der Waals surface area contributed by atoms with Gasteiger partial charge in [-0.3, -0.25) is 4.79 Å². The van der Waals surface area contributed by atoms with Crippen molar-refractivity contribution in [2.45, 2.75) is 31.1 Å². The number of benzene rings is 1. The molecule has 0 bridgehead atoms. The molecule has 3 heterocycles. The van der Waals surface area contributed by atoms with Crippen LogP contribution in [0.3, 0.4) is 0 Å². The van der Waals surface area contributed by atoms with Gasteiger partial charge in [0.2, 0.25) is 11.8 Å². The molecule has 1 N–H and O–H groups in total. The van der Waals surface area contributed by atoms with Crippen molar-refractivity contribution in [3.05, 3.63) is 47.7 Å². The minimum absolute atomic E-state index is 0.151. The van der Waals surface area contributed by atoms with Gasteiger partial charge in [0.15, 0.2) is 5.82 Å². The van der Waals surface area contributed by atoms with E-state index in [-0.39, 0.29) is 11.8 Å². The van der Waals surface area contributed by atoms with E-state index >= 15 is 0 Å². The second-order valence-electron chi connectivity index (χ2n) is 6.80. The van der Waals surface area contributed by atoms with Crippen LogP contribution in [0.1, 0.15) is 42.0 Å². The number of rotatable bonds is 4. The number of H-pyrrole nitrogens is 1. The molecule has 1 amide bonds. The summed E-state index contributed by atoms with van der Waals surface area (Å²) in [6, 6.07) is 8.06. The van der Waals surface area contributed by atoms with Crippen LogP contribution in [0, 0.1) is 0 Å². The number of nitrogens with one attached hydrogen (secondary N) is 1. The zero-order valence-corrected chi connectivity index (χ0v) is 13.2. The summed E-state index contributed by atoms with van der Waals surface area (Å²) in [7, 11) is 0. The molecule has 1 aromatic carbocycles. The van der Waals surface area contributed by atoms with Crippen LogP contribution >= 0.6 is 0 Å². The van der Waals surface area contributed by atoms with Crippen molar-refractivity contribution in [1.29, 1.82) is 0 Å². The fourth-order valence-corrected chi connectivity index (χ4v) is 3.31. The molecule has 2 aliphatic rings. The first-order chi connectivity index (χ1) is 11.8. The van der Waals surface area contributed by atoms with E-state index in [1.165, 1.54) is 12.8 Å². The topological polar surface area (TPSA) is 75.0 Å². The number of para-hydroxylation sites is 1. The fraction of sp³-hybridized carbons (Fsp3) is 0.389. The SMILES string of the molecule is O=C(Cc1c[nH]c2ccccc12)N1CC(c2nc(C3CC3)no2)C1. The number of hydrogen-bond acceptors (Lipinski definition) is 4. The van der Waals surface area contributed by atoms with Crippen LogP contribution in [0.2, 0.25) is 0 Å². The number of carbonyl (C=O) groups is 1. The van der Waals surface area contributed by atoms with Crippen LogP contribution in [0.15, 0.2) is 35.0 Å². The second kappa shape index (κ2) is 5.19. The van der Waals surface area contributed by atoms with Crippen molar-refractivity contribution in [2.75, 3.05) is 13.1 Å². The molecular formula is C18H18N4O2. The summed E-state index contributed by atoms with van der Waals surface area (Å²) in [5.74, 6) is 2.37. The molecule has 1 aliphatic heterocycles. The Morgan fingerprint density at radius 2 is 2.08 bits per heavy atom. The Labute approximate surface area is 138 Å². The average Bonchev–Trinajstić information content (AvgIpc) is 3.16. The predicted octanol–water partition coefficient (Wildman–Crippen LogP) is 2.60. The van der Waals surface area contributed by atoms with E-state index in [0.717, 1.165) is 22.3 Å². The standard InChI is InChI=1S/C18H18N4O2/c23-16(7-12-8-19-15-4-2-1-3-14(12)15)22-9-13(10-22)18-20-17(21-24-18)11-5-6-11/h1-4,8,11,13,19H,5-7,9-10H2. The van der Waals surface area contributed by atoms with E-state index in [9.17, 15) is 4.79 Å². The lowest BCUT2D eigenvalue weighted by Crippen LogP contribution is -2.49. The Morgan fingerprint density at radius 1 is 1.25 bits per heavy atom. The van der Waals surface area contributed by atoms with Crippen LogP contribution in [0.5, 0.6) is 0 Å². The molecule has 0 spiro atoms. The number of carbonyl (C=O) groups excluding carboxylic acids is 1. The Balaban J connectivity index is 1.23. The highest BCUT2D eigenvalue weighted by Gasteiger charge is 2.37. The Kier molecular flexibility index (Phi) is 2.98. The zero-order valence-electron chi connectivity index (χ0n) is 13.2. The smallest absolute Gasteiger partial charge is 0.233 e. The Hall–Kier alpha value is -2.63. The molecule has 1 aliphatic carbocycles. The van der Waals surface area contributed by atoms with Gasteiger partial charge in [0.1, 0.15) is 0 Å². The first-order valence-electron chi connectivity index (χ1n) is 8.44. The Bertz CT molecular complexity index is 903. The van der Waals surface area contributed by atoms with Gasteiger partial charge in [0.25, 0.3) is 0 Å². The number of fused-ring (bicyclic) bond motifs is 1. The Morgan fingerprint density at radius 3 is 2.92 bits per heavy atom. The average molecular weight is 322 g/mol. The lowest BCUT2D eigenvalue weighted by atomic mass is 9.98. The molecule has 1 saturated carbocycles. The minimum Gasteiger partial charge on any atom is -0.361 e. The van der Waals surface area contributed by atoms with Gasteiger partial charge in [-0.1, -0.05) is 23.4 Å². The highest BCUT2D eigenvalue weighted by molar-refractivity contribution is 5.89. The first-order valence-corrected chi connectivity index (χ1v) is 8.44. The number of aromatic nitrogens is 3. The summed E-state index contributed by atoms with van der Waals surface area (Å²) < 4.78 is 5.36. The van der Waals surface area contributed by atoms with Crippen LogP contribution in [-0.2, 0) is 11.2 Å². The highest BCUT2D eigenvalue weighted by Crippen LogP contribution is 2.39. The molecule has 6 nitrogen and oxygen atoms in total. The van der Waals surface area contributed by atoms with Gasteiger partial charge in [-0.15, -0.1) is 0 Å². The summed E-state index contributed by atoms with van der Waals surface area (Å²) in [6.45, 7) is 1.35. The van der Waals surface area contributed by atoms with Gasteiger partial charge in [0, 0.05) is 36.1 Å². The maximum absolute atomic E-state index is 12.5. The van der Waals surface area contributed by atoms with E-state index in [1.54, 1.807) is 0 Å². The third-order valence-corrected chi connectivity index (χ3v) is 5.00. The zero-order chi connectivity index (χ0) is 16.1. The van der Waals surface area contributed by atoms with Crippen molar-refractivity contribution < 1.29 is 9.32 Å². The molecule has 1 saturated heterocycles. The molecule has 122 valence electrons. The van der Waals surface area contributed by atoms with E-state index in [4.69, 9.17) is 4.52 Å². The molecule has 24 heavy (non-hydrogen) atoms. The largest absolute Gasteiger partial charge is 0.361 e. The van der Waals surface area contributed by atoms with Crippen molar-refractivity contribution in [3.8, 4) is 0 Å². The van der Waals surface area contributed by atoms with E-state index < -0.39 is 0 Å². The van der Waals surface area contributed by atoms with Gasteiger partial charge < -0.3 is 14.4 Å². The number of nitrogens with zero attached hydrogens (tertiary/aromatic N) is 3. The molecule has 0 atom stereocenters. The van der Waals surface area contributed by atoms with Gasteiger partial charge in [-0.2, -0.15) is 4.98 Å². The van der Waals surface area contributed by atoms with E-state index in [0.29, 0.717) is 31.3 Å². The molecule has 2 fully saturated rings. The summed E-state index contributed by atoms with van der Waals surface area (Å²) >= 11 is 0. The third kappa shape index (κ3) is 2.29. The molecule has 5 rings (SSSR count). The van der Waals surface area contributed by atoms with Crippen molar-refractivity contribution in [2.24, 2.45) is 0 Å². The molecule has 3 aromatic rings. The number of aromatic amines is 1. The molecule has 0 unspecified atom stereocenters. The minimum atomic E-state index is 0.151. The van der Waals surface area contributed by atoms with Gasteiger partial charge in [-0.25, -0.2) is 0 Å². The van der Waals surface area contributed by atoms with Crippen LogP contribution < -0.4 is 0 Å². The van der Waals surface area contributed by atoms with Crippen LogP contribution in [0.4, 0.5) is 0 Å². The predicted molar refractivity (Wildman–Crippen MR) is 87.6 cm³/mol. The van der Waals surface area contributed by atoms with Crippen molar-refractivity contribution >= 4 is 16.8 Å². The quantitative estimate of drug-likeness (QED) is 0.801. The highest BCUT2D eigenvalue weighted by atomic mass is 16.5. The fourth-order valence-electron chi connectivity index (χ4n) is 3.31. The lowest BCUT2D eigenvalue weighted by molar-refractivity contribution is -0.135. The van der Waals surface area contributed by atoms with Gasteiger partial charge >= 0.3 is 0 Å². The number of amides is 1. The van der Waals surface area contributed by atoms with Crippen molar-refractivity contribution in [3.63, 3.8) is 0 Å². The molecular weight excluding hydrogens is 304 g/mol. The molecule has 0 radical (unpaired) electrons.